The lowest BCUT2D eigenvalue weighted by Gasteiger charge is -2.45. The third-order valence-electron chi connectivity index (χ3n) is 11.4. The Morgan fingerprint density at radius 2 is 0.911 bits per heavy atom. The van der Waals surface area contributed by atoms with Crippen molar-refractivity contribution < 1.29 is 0 Å². The van der Waals surface area contributed by atoms with Gasteiger partial charge in [-0.3, -0.25) is 28.7 Å². The summed E-state index contributed by atoms with van der Waals surface area (Å²) in [5, 5.41) is 0. The molecule has 6 aromatic rings. The number of benzene rings is 2. The fraction of sp³-hybridized carbons (Fsp3) is 0.348. The number of hydrogen-bond acceptors (Lipinski definition) is 8. The summed E-state index contributed by atoms with van der Waals surface area (Å²) in [6.45, 7) is 16.4. The highest BCUT2D eigenvalue weighted by Gasteiger charge is 2.37. The normalized spacial score (nSPS) is 16.5. The van der Waals surface area contributed by atoms with E-state index in [0.29, 0.717) is 36.3 Å². The molecule has 0 spiro atoms. The van der Waals surface area contributed by atoms with E-state index in [4.69, 9.17) is 9.97 Å². The van der Waals surface area contributed by atoms with Crippen molar-refractivity contribution in [2.45, 2.75) is 90.4 Å². The molecule has 6 heterocycles. The van der Waals surface area contributed by atoms with Gasteiger partial charge in [-0.25, -0.2) is 9.97 Å². The van der Waals surface area contributed by atoms with Gasteiger partial charge in [0.05, 0.1) is 11.4 Å². The van der Waals surface area contributed by atoms with E-state index in [0.717, 1.165) is 49.0 Å². The Balaban J connectivity index is 0.000000172. The van der Waals surface area contributed by atoms with E-state index in [9.17, 15) is 9.59 Å². The highest BCUT2D eigenvalue weighted by atomic mass is 16.1. The van der Waals surface area contributed by atoms with Gasteiger partial charge < -0.3 is 9.80 Å². The molecule has 0 radical (unpaired) electrons. The molecule has 0 amide bonds. The van der Waals surface area contributed by atoms with Crippen LogP contribution in [0.15, 0.2) is 131 Å². The summed E-state index contributed by atoms with van der Waals surface area (Å²) in [5.74, 6) is 2.18. The van der Waals surface area contributed by atoms with Gasteiger partial charge in [-0.15, -0.1) is 0 Å². The van der Waals surface area contributed by atoms with Crippen LogP contribution in [0.5, 0.6) is 0 Å². The summed E-state index contributed by atoms with van der Waals surface area (Å²) in [4.78, 5) is 48.3. The van der Waals surface area contributed by atoms with Gasteiger partial charge in [-0.2, -0.15) is 0 Å². The minimum absolute atomic E-state index is 0.00433. The zero-order chi connectivity index (χ0) is 39.5. The molecule has 0 aliphatic carbocycles. The molecule has 288 valence electrons. The van der Waals surface area contributed by atoms with Crippen molar-refractivity contribution in [3.05, 3.63) is 154 Å². The van der Waals surface area contributed by atoms with Gasteiger partial charge in [0.1, 0.15) is 0 Å². The van der Waals surface area contributed by atoms with Crippen LogP contribution in [0.3, 0.4) is 0 Å². The molecule has 2 aromatic carbocycles. The summed E-state index contributed by atoms with van der Waals surface area (Å²) in [5.41, 5.74) is 5.69. The van der Waals surface area contributed by atoms with Gasteiger partial charge in [-0.1, -0.05) is 74.5 Å². The standard InChI is InChI=1S/2C23H26N4O/c2*1-17(18-7-5-4-6-8-18)16-27-22-25-20(19-9-12-24-13-10-19)15-21(28)26(22)14-11-23(27,2)3/h2*4-10,12-13,15,17H,11,14,16H2,1-3H3. The van der Waals surface area contributed by atoms with Crippen LogP contribution in [0.25, 0.3) is 22.5 Å². The topological polar surface area (TPSA) is 102 Å². The van der Waals surface area contributed by atoms with Gasteiger partial charge in [0, 0.05) is 85.3 Å². The Bertz CT molecular complexity index is 2190. The average molecular weight is 749 g/mol. The van der Waals surface area contributed by atoms with Crippen molar-refractivity contribution in [2.75, 3.05) is 22.9 Å². The van der Waals surface area contributed by atoms with E-state index in [2.05, 4.69) is 110 Å². The number of pyridine rings is 2. The van der Waals surface area contributed by atoms with Crippen molar-refractivity contribution in [1.82, 2.24) is 29.1 Å². The van der Waals surface area contributed by atoms with E-state index >= 15 is 0 Å². The zero-order valence-electron chi connectivity index (χ0n) is 33.3. The van der Waals surface area contributed by atoms with E-state index in [-0.39, 0.29) is 22.2 Å². The fourth-order valence-corrected chi connectivity index (χ4v) is 7.72. The minimum atomic E-state index is -0.0701. The van der Waals surface area contributed by atoms with Crippen LogP contribution >= 0.6 is 0 Å². The first kappa shape index (κ1) is 38.4. The first-order chi connectivity index (χ1) is 26.9. The van der Waals surface area contributed by atoms with E-state index in [1.807, 2.05) is 45.5 Å². The van der Waals surface area contributed by atoms with E-state index < -0.39 is 0 Å². The lowest BCUT2D eigenvalue weighted by atomic mass is 9.92. The highest BCUT2D eigenvalue weighted by Crippen LogP contribution is 2.35. The molecule has 0 N–H and O–H groups in total. The number of aromatic nitrogens is 6. The Labute approximate surface area is 329 Å². The summed E-state index contributed by atoms with van der Waals surface area (Å²) in [6, 6.07) is 31.9. The molecule has 56 heavy (non-hydrogen) atoms. The molecule has 0 saturated heterocycles. The molecule has 10 nitrogen and oxygen atoms in total. The fourth-order valence-electron chi connectivity index (χ4n) is 7.72. The maximum absolute atomic E-state index is 12.9. The van der Waals surface area contributed by atoms with E-state index in [1.54, 1.807) is 36.9 Å². The molecule has 0 bridgehead atoms. The van der Waals surface area contributed by atoms with Gasteiger partial charge in [0.25, 0.3) is 11.1 Å². The molecule has 2 atom stereocenters. The lowest BCUT2D eigenvalue weighted by molar-refractivity contribution is 0.341. The van der Waals surface area contributed by atoms with Crippen molar-refractivity contribution in [2.24, 2.45) is 0 Å². The monoisotopic (exact) mass is 748 g/mol. The van der Waals surface area contributed by atoms with Crippen LogP contribution in [-0.2, 0) is 13.1 Å². The highest BCUT2D eigenvalue weighted by molar-refractivity contribution is 5.61. The molecule has 10 heteroatoms. The quantitative estimate of drug-likeness (QED) is 0.154. The van der Waals surface area contributed by atoms with Crippen LogP contribution in [0.2, 0.25) is 0 Å². The number of anilines is 2. The number of fused-ring (bicyclic) bond motifs is 2. The smallest absolute Gasteiger partial charge is 0.255 e. The Hall–Kier alpha value is -5.90. The molecular weight excluding hydrogens is 697 g/mol. The van der Waals surface area contributed by atoms with Crippen molar-refractivity contribution in [1.29, 1.82) is 0 Å². The molecule has 4 aromatic heterocycles. The Morgan fingerprint density at radius 1 is 0.554 bits per heavy atom. The minimum Gasteiger partial charge on any atom is -0.336 e. The maximum Gasteiger partial charge on any atom is 0.255 e. The van der Waals surface area contributed by atoms with Crippen LogP contribution in [0.4, 0.5) is 11.9 Å². The average Bonchev–Trinajstić information content (AvgIpc) is 3.21. The predicted molar refractivity (Wildman–Crippen MR) is 225 cm³/mol. The Morgan fingerprint density at radius 3 is 1.27 bits per heavy atom. The molecule has 8 rings (SSSR count). The molecule has 2 aliphatic rings. The van der Waals surface area contributed by atoms with Gasteiger partial charge in [0.2, 0.25) is 11.9 Å². The third-order valence-corrected chi connectivity index (χ3v) is 11.4. The van der Waals surface area contributed by atoms with Crippen molar-refractivity contribution in [3.8, 4) is 22.5 Å². The number of rotatable bonds is 8. The molecule has 0 saturated carbocycles. The first-order valence-corrected chi connectivity index (χ1v) is 19.6. The van der Waals surface area contributed by atoms with Gasteiger partial charge in [0.15, 0.2) is 0 Å². The van der Waals surface area contributed by atoms with Crippen LogP contribution in [0.1, 0.15) is 77.3 Å². The summed E-state index contributed by atoms with van der Waals surface area (Å²) >= 11 is 0. The zero-order valence-corrected chi connectivity index (χ0v) is 33.3. The second kappa shape index (κ2) is 16.1. The molecular formula is C46H52N8O2. The van der Waals surface area contributed by atoms with Crippen LogP contribution in [0, 0.1) is 0 Å². The Kier molecular flexibility index (Phi) is 11.0. The summed E-state index contributed by atoms with van der Waals surface area (Å²) in [7, 11) is 0. The van der Waals surface area contributed by atoms with Crippen molar-refractivity contribution >= 4 is 11.9 Å². The maximum atomic E-state index is 12.9. The lowest BCUT2D eigenvalue weighted by Crippen LogP contribution is -2.53. The number of nitrogens with zero attached hydrogens (tertiary/aromatic N) is 8. The molecule has 2 unspecified atom stereocenters. The van der Waals surface area contributed by atoms with Crippen LogP contribution in [-0.4, -0.2) is 53.2 Å². The second-order valence-electron chi connectivity index (χ2n) is 16.3. The molecule has 0 fully saturated rings. The molecule has 2 aliphatic heterocycles. The number of hydrogen-bond donors (Lipinski definition) is 0. The SMILES string of the molecule is CC(CN1c2nc(-c3ccncc3)cc(=O)n2CCC1(C)C)c1ccccc1.CC(CN1c2nc(-c3ccncc3)cc(=O)n2CCC1(C)C)c1ccccc1. The second-order valence-corrected chi connectivity index (χ2v) is 16.3. The van der Waals surface area contributed by atoms with Gasteiger partial charge >= 0.3 is 0 Å². The van der Waals surface area contributed by atoms with Crippen LogP contribution < -0.4 is 20.9 Å². The summed E-state index contributed by atoms with van der Waals surface area (Å²) in [6.07, 6.45) is 8.75. The van der Waals surface area contributed by atoms with Crippen molar-refractivity contribution in [3.63, 3.8) is 0 Å². The third kappa shape index (κ3) is 8.20. The summed E-state index contributed by atoms with van der Waals surface area (Å²) < 4.78 is 3.63. The largest absolute Gasteiger partial charge is 0.336 e. The van der Waals surface area contributed by atoms with E-state index in [1.165, 1.54) is 11.1 Å². The first-order valence-electron chi connectivity index (χ1n) is 19.6. The van der Waals surface area contributed by atoms with Gasteiger partial charge in [-0.05, 0) is 87.8 Å². The predicted octanol–water partition coefficient (Wildman–Crippen LogP) is 8.20.